The Labute approximate surface area is 205 Å². The molecule has 2 bridgehead atoms. The Morgan fingerprint density at radius 2 is 1.72 bits per heavy atom. The van der Waals surface area contributed by atoms with Crippen molar-refractivity contribution < 1.29 is 19.3 Å². The van der Waals surface area contributed by atoms with Crippen LogP contribution in [0.5, 0.6) is 0 Å². The Balaban J connectivity index is 1.32. The second-order valence-corrected chi connectivity index (χ2v) is 9.43. The molecule has 5 unspecified atom stereocenters. The average Bonchev–Trinajstić information content (AvgIpc) is 3.56. The SMILES string of the molecule is O=C(CC(c1cccc([N+](=O)[O-])c1)N1C(=O)C2C3C=CC(C3)C2C1=O)Nc1ccc2nccnc2c1. The van der Waals surface area contributed by atoms with Gasteiger partial charge in [0.25, 0.3) is 5.69 Å². The van der Waals surface area contributed by atoms with Crippen LogP contribution in [0.1, 0.15) is 24.4 Å². The molecule has 180 valence electrons. The third-order valence-corrected chi connectivity index (χ3v) is 7.41. The summed E-state index contributed by atoms with van der Waals surface area (Å²) < 4.78 is 0. The first kappa shape index (κ1) is 22.0. The Kier molecular flexibility index (Phi) is 5.10. The molecule has 10 heteroatoms. The van der Waals surface area contributed by atoms with E-state index in [4.69, 9.17) is 0 Å². The van der Waals surface area contributed by atoms with Crippen LogP contribution in [0, 0.1) is 33.8 Å². The highest BCUT2D eigenvalue weighted by Crippen LogP contribution is 2.54. The van der Waals surface area contributed by atoms with Gasteiger partial charge in [-0.1, -0.05) is 24.3 Å². The fraction of sp³-hybridized carbons (Fsp3) is 0.269. The molecule has 36 heavy (non-hydrogen) atoms. The lowest BCUT2D eigenvalue weighted by Gasteiger charge is -2.28. The zero-order valence-corrected chi connectivity index (χ0v) is 19.0. The number of carbonyl (C=O) groups is 3. The number of non-ortho nitro benzene ring substituents is 1. The first-order valence-corrected chi connectivity index (χ1v) is 11.7. The number of anilines is 1. The summed E-state index contributed by atoms with van der Waals surface area (Å²) in [5, 5.41) is 14.2. The monoisotopic (exact) mass is 483 g/mol. The summed E-state index contributed by atoms with van der Waals surface area (Å²) in [6, 6.07) is 9.91. The quantitative estimate of drug-likeness (QED) is 0.246. The van der Waals surface area contributed by atoms with E-state index < -0.39 is 28.7 Å². The minimum atomic E-state index is -0.963. The molecule has 5 atom stereocenters. The number of rotatable bonds is 6. The molecule has 2 aromatic carbocycles. The van der Waals surface area contributed by atoms with Gasteiger partial charge >= 0.3 is 0 Å². The van der Waals surface area contributed by atoms with E-state index in [0.29, 0.717) is 22.3 Å². The summed E-state index contributed by atoms with van der Waals surface area (Å²) in [4.78, 5) is 60.7. The van der Waals surface area contributed by atoms with Gasteiger partial charge in [0.1, 0.15) is 0 Å². The number of benzene rings is 2. The molecular weight excluding hydrogens is 462 g/mol. The summed E-state index contributed by atoms with van der Waals surface area (Å²) in [7, 11) is 0. The van der Waals surface area contributed by atoms with E-state index in [1.54, 1.807) is 36.7 Å². The highest BCUT2D eigenvalue weighted by Gasteiger charge is 2.60. The van der Waals surface area contributed by atoms with Gasteiger partial charge in [0, 0.05) is 30.2 Å². The van der Waals surface area contributed by atoms with Crippen molar-refractivity contribution in [3.05, 3.63) is 82.7 Å². The molecule has 2 fully saturated rings. The number of hydrogen-bond donors (Lipinski definition) is 1. The molecule has 1 aromatic heterocycles. The molecule has 10 nitrogen and oxygen atoms in total. The number of allylic oxidation sites excluding steroid dienone is 2. The molecular formula is C26H21N5O5. The second kappa shape index (κ2) is 8.33. The van der Waals surface area contributed by atoms with Crippen LogP contribution >= 0.6 is 0 Å². The Morgan fingerprint density at radius 1 is 1.03 bits per heavy atom. The molecule has 6 rings (SSSR count). The summed E-state index contributed by atoms with van der Waals surface area (Å²) in [5.74, 6) is -1.90. The second-order valence-electron chi connectivity index (χ2n) is 9.43. The fourth-order valence-electron chi connectivity index (χ4n) is 5.87. The number of nitrogens with zero attached hydrogens (tertiary/aromatic N) is 4. The minimum absolute atomic E-state index is 0.0137. The van der Waals surface area contributed by atoms with Crippen LogP contribution < -0.4 is 5.32 Å². The number of nitro groups is 1. The van der Waals surface area contributed by atoms with Crippen molar-refractivity contribution in [2.45, 2.75) is 18.9 Å². The van der Waals surface area contributed by atoms with Crippen LogP contribution in [0.25, 0.3) is 11.0 Å². The lowest BCUT2D eigenvalue weighted by Crippen LogP contribution is -2.38. The largest absolute Gasteiger partial charge is 0.326 e. The van der Waals surface area contributed by atoms with Crippen LogP contribution in [0.2, 0.25) is 0 Å². The Hall–Kier alpha value is -4.47. The van der Waals surface area contributed by atoms with E-state index in [1.807, 2.05) is 12.2 Å². The first-order chi connectivity index (χ1) is 17.4. The van der Waals surface area contributed by atoms with Crippen molar-refractivity contribution in [1.29, 1.82) is 0 Å². The van der Waals surface area contributed by atoms with Crippen LogP contribution in [-0.2, 0) is 14.4 Å². The number of amides is 3. The van der Waals surface area contributed by atoms with E-state index in [9.17, 15) is 24.5 Å². The van der Waals surface area contributed by atoms with Crippen molar-refractivity contribution in [3.8, 4) is 0 Å². The molecule has 3 aromatic rings. The van der Waals surface area contributed by atoms with Gasteiger partial charge in [-0.25, -0.2) is 0 Å². The van der Waals surface area contributed by atoms with Crippen molar-refractivity contribution in [2.24, 2.45) is 23.7 Å². The van der Waals surface area contributed by atoms with Crippen molar-refractivity contribution in [1.82, 2.24) is 14.9 Å². The fourth-order valence-corrected chi connectivity index (χ4v) is 5.87. The summed E-state index contributed by atoms with van der Waals surface area (Å²) in [6.07, 6.45) is 7.67. The number of aromatic nitrogens is 2. The van der Waals surface area contributed by atoms with Gasteiger partial charge in [-0.3, -0.25) is 39.4 Å². The van der Waals surface area contributed by atoms with Gasteiger partial charge in [0.05, 0.1) is 40.3 Å². The zero-order valence-electron chi connectivity index (χ0n) is 19.0. The average molecular weight is 483 g/mol. The van der Waals surface area contributed by atoms with Crippen molar-refractivity contribution in [2.75, 3.05) is 5.32 Å². The predicted octanol–water partition coefficient (Wildman–Crippen LogP) is 3.42. The summed E-state index contributed by atoms with van der Waals surface area (Å²) in [5.41, 5.74) is 1.96. The number of imide groups is 1. The maximum atomic E-state index is 13.5. The molecule has 2 heterocycles. The molecule has 2 aliphatic carbocycles. The zero-order chi connectivity index (χ0) is 25.0. The summed E-state index contributed by atoms with van der Waals surface area (Å²) >= 11 is 0. The molecule has 1 N–H and O–H groups in total. The molecule has 3 aliphatic rings. The minimum Gasteiger partial charge on any atom is -0.326 e. The van der Waals surface area contributed by atoms with Crippen LogP contribution in [0.4, 0.5) is 11.4 Å². The van der Waals surface area contributed by atoms with Crippen LogP contribution in [0.15, 0.2) is 67.0 Å². The molecule has 0 radical (unpaired) electrons. The Bertz CT molecular complexity index is 1440. The van der Waals surface area contributed by atoms with Gasteiger partial charge < -0.3 is 5.32 Å². The summed E-state index contributed by atoms with van der Waals surface area (Å²) in [6.45, 7) is 0. The number of nitrogens with one attached hydrogen (secondary N) is 1. The van der Waals surface area contributed by atoms with Crippen molar-refractivity contribution in [3.63, 3.8) is 0 Å². The highest BCUT2D eigenvalue weighted by atomic mass is 16.6. The van der Waals surface area contributed by atoms with Gasteiger partial charge in [-0.2, -0.15) is 0 Å². The van der Waals surface area contributed by atoms with Crippen LogP contribution in [0.3, 0.4) is 0 Å². The topological polar surface area (TPSA) is 135 Å². The van der Waals surface area contributed by atoms with Gasteiger partial charge in [0.2, 0.25) is 17.7 Å². The number of carbonyl (C=O) groups excluding carboxylic acids is 3. The number of nitro benzene ring substituents is 1. The van der Waals surface area contributed by atoms with Gasteiger partial charge in [-0.05, 0) is 42.0 Å². The number of fused-ring (bicyclic) bond motifs is 6. The highest BCUT2D eigenvalue weighted by molar-refractivity contribution is 6.07. The van der Waals surface area contributed by atoms with E-state index in [1.165, 1.54) is 23.1 Å². The van der Waals surface area contributed by atoms with E-state index in [-0.39, 0.29) is 35.8 Å². The molecule has 3 amide bonds. The molecule has 1 aliphatic heterocycles. The third kappa shape index (κ3) is 3.53. The van der Waals surface area contributed by atoms with Crippen LogP contribution in [-0.4, -0.2) is 37.5 Å². The number of likely N-dealkylation sites (tertiary alicyclic amines) is 1. The van der Waals surface area contributed by atoms with E-state index in [0.717, 1.165) is 6.42 Å². The van der Waals surface area contributed by atoms with E-state index in [2.05, 4.69) is 15.3 Å². The Morgan fingerprint density at radius 3 is 2.42 bits per heavy atom. The molecule has 1 saturated carbocycles. The lowest BCUT2D eigenvalue weighted by molar-refractivity contribution is -0.385. The first-order valence-electron chi connectivity index (χ1n) is 11.7. The third-order valence-electron chi connectivity index (χ3n) is 7.41. The van der Waals surface area contributed by atoms with Gasteiger partial charge in [-0.15, -0.1) is 0 Å². The normalized spacial score (nSPS) is 24.8. The van der Waals surface area contributed by atoms with Gasteiger partial charge in [0.15, 0.2) is 0 Å². The lowest BCUT2D eigenvalue weighted by atomic mass is 9.85. The van der Waals surface area contributed by atoms with E-state index >= 15 is 0 Å². The molecule has 0 spiro atoms. The standard InChI is InChI=1S/C26H21N5O5/c32-22(29-17-6-7-19-20(12-17)28-9-8-27-19)13-21(14-2-1-3-18(11-14)31(35)36)30-25(33)23-15-4-5-16(10-15)24(23)26(30)34/h1-9,11-12,15-16,21,23-24H,10,13H2,(H,29,32). The smallest absolute Gasteiger partial charge is 0.269 e. The maximum absolute atomic E-state index is 13.5. The number of hydrogen-bond acceptors (Lipinski definition) is 7. The maximum Gasteiger partial charge on any atom is 0.269 e. The predicted molar refractivity (Wildman–Crippen MR) is 128 cm³/mol. The molecule has 1 saturated heterocycles. The van der Waals surface area contributed by atoms with Crippen molar-refractivity contribution >= 4 is 40.1 Å².